The summed E-state index contributed by atoms with van der Waals surface area (Å²) in [5.74, 6) is -0.290. The third-order valence-electron chi connectivity index (χ3n) is 3.74. The van der Waals surface area contributed by atoms with E-state index in [4.69, 9.17) is 27.6 Å². The van der Waals surface area contributed by atoms with Crippen LogP contribution < -0.4 is 5.32 Å². The van der Waals surface area contributed by atoms with Gasteiger partial charge >= 0.3 is 0 Å². The van der Waals surface area contributed by atoms with Gasteiger partial charge in [0.25, 0.3) is 5.91 Å². The summed E-state index contributed by atoms with van der Waals surface area (Å²) in [7, 11) is 0. The summed E-state index contributed by atoms with van der Waals surface area (Å²) in [6.45, 7) is 0.527. The minimum Gasteiger partial charge on any atom is -0.459 e. The van der Waals surface area contributed by atoms with Gasteiger partial charge in [0.2, 0.25) is 5.91 Å². The van der Waals surface area contributed by atoms with Gasteiger partial charge in [-0.3, -0.25) is 9.59 Å². The molecule has 1 atom stereocenters. The summed E-state index contributed by atoms with van der Waals surface area (Å²) in [5, 5.41) is 3.55. The average Bonchev–Trinajstić information content (AvgIpc) is 3.21. The van der Waals surface area contributed by atoms with Crippen molar-refractivity contribution in [2.24, 2.45) is 0 Å². The fourth-order valence-electron chi connectivity index (χ4n) is 2.62. The molecule has 1 N–H and O–H groups in total. The van der Waals surface area contributed by atoms with E-state index in [0.29, 0.717) is 28.7 Å². The first-order valence-electron chi connectivity index (χ1n) is 7.16. The Morgan fingerprint density at radius 1 is 1.22 bits per heavy atom. The van der Waals surface area contributed by atoms with Crippen LogP contribution in [0.25, 0.3) is 0 Å². The second-order valence-corrected chi connectivity index (χ2v) is 6.07. The molecule has 0 aliphatic carbocycles. The molecule has 120 valence electrons. The standard InChI is InChI=1S/C16H14Cl2N2O3/c17-11-6-5-10(9-12(11)18)19-15(21)13-3-1-7-20(13)16(22)14-4-2-8-23-14/h2,4-6,8-9,13H,1,3,7H2,(H,19,21). The Balaban J connectivity index is 1.73. The number of amides is 2. The van der Waals surface area contributed by atoms with Gasteiger partial charge in [0.05, 0.1) is 16.3 Å². The van der Waals surface area contributed by atoms with Gasteiger partial charge in [0.15, 0.2) is 5.76 Å². The number of halogens is 2. The third-order valence-corrected chi connectivity index (χ3v) is 4.47. The number of likely N-dealkylation sites (tertiary alicyclic amines) is 1. The third kappa shape index (κ3) is 3.35. The Morgan fingerprint density at radius 3 is 2.74 bits per heavy atom. The number of furan rings is 1. The maximum absolute atomic E-state index is 12.5. The molecule has 2 amide bonds. The average molecular weight is 353 g/mol. The van der Waals surface area contributed by atoms with Gasteiger partial charge in [-0.2, -0.15) is 0 Å². The van der Waals surface area contributed by atoms with E-state index in [9.17, 15) is 9.59 Å². The highest BCUT2D eigenvalue weighted by molar-refractivity contribution is 6.42. The quantitative estimate of drug-likeness (QED) is 0.912. The maximum atomic E-state index is 12.5. The van der Waals surface area contributed by atoms with Gasteiger partial charge in [-0.1, -0.05) is 23.2 Å². The molecule has 7 heteroatoms. The highest BCUT2D eigenvalue weighted by Crippen LogP contribution is 2.26. The predicted molar refractivity (Wildman–Crippen MR) is 87.9 cm³/mol. The molecule has 2 heterocycles. The molecule has 0 spiro atoms. The topological polar surface area (TPSA) is 62.6 Å². The van der Waals surface area contributed by atoms with Crippen LogP contribution in [0.5, 0.6) is 0 Å². The fraction of sp³-hybridized carbons (Fsp3) is 0.250. The van der Waals surface area contributed by atoms with E-state index in [1.165, 1.54) is 11.2 Å². The molecule has 1 unspecified atom stereocenters. The number of hydrogen-bond donors (Lipinski definition) is 1. The summed E-state index contributed by atoms with van der Waals surface area (Å²) < 4.78 is 5.13. The second kappa shape index (κ2) is 6.64. The Labute approximate surface area is 143 Å². The molecule has 1 saturated heterocycles. The van der Waals surface area contributed by atoms with Crippen molar-refractivity contribution in [1.29, 1.82) is 0 Å². The van der Waals surface area contributed by atoms with E-state index in [2.05, 4.69) is 5.32 Å². The molecule has 23 heavy (non-hydrogen) atoms. The molecule has 0 radical (unpaired) electrons. The van der Waals surface area contributed by atoms with Crippen LogP contribution in [0, 0.1) is 0 Å². The molecule has 1 aliphatic heterocycles. The molecular weight excluding hydrogens is 339 g/mol. The first-order chi connectivity index (χ1) is 11.1. The van der Waals surface area contributed by atoms with Gasteiger partial charge in [0.1, 0.15) is 6.04 Å². The number of anilines is 1. The zero-order valence-corrected chi connectivity index (χ0v) is 13.6. The molecule has 1 aromatic heterocycles. The first kappa shape index (κ1) is 15.9. The van der Waals surface area contributed by atoms with Crippen LogP contribution in [-0.4, -0.2) is 29.3 Å². The van der Waals surface area contributed by atoms with Gasteiger partial charge < -0.3 is 14.6 Å². The van der Waals surface area contributed by atoms with E-state index in [-0.39, 0.29) is 17.6 Å². The summed E-state index contributed by atoms with van der Waals surface area (Å²) >= 11 is 11.8. The zero-order valence-electron chi connectivity index (χ0n) is 12.1. The molecule has 1 fully saturated rings. The van der Waals surface area contributed by atoms with E-state index in [0.717, 1.165) is 6.42 Å². The largest absolute Gasteiger partial charge is 0.459 e. The van der Waals surface area contributed by atoms with E-state index >= 15 is 0 Å². The van der Waals surface area contributed by atoms with Crippen LogP contribution in [0.2, 0.25) is 10.0 Å². The predicted octanol–water partition coefficient (Wildman–Crippen LogP) is 3.83. The minimum absolute atomic E-state index is 0.235. The van der Waals surface area contributed by atoms with Gasteiger partial charge in [0, 0.05) is 12.2 Å². The zero-order chi connectivity index (χ0) is 16.4. The van der Waals surface area contributed by atoms with Gasteiger partial charge in [-0.25, -0.2) is 0 Å². The normalized spacial score (nSPS) is 17.3. The minimum atomic E-state index is -0.526. The van der Waals surface area contributed by atoms with Crippen molar-refractivity contribution in [1.82, 2.24) is 4.90 Å². The lowest BCUT2D eigenvalue weighted by molar-refractivity contribution is -0.119. The lowest BCUT2D eigenvalue weighted by Gasteiger charge is -2.23. The van der Waals surface area contributed by atoms with Crippen LogP contribution in [0.15, 0.2) is 41.0 Å². The highest BCUT2D eigenvalue weighted by Gasteiger charge is 2.35. The Morgan fingerprint density at radius 2 is 2.04 bits per heavy atom. The van der Waals surface area contributed by atoms with E-state index in [1.54, 1.807) is 30.3 Å². The number of carbonyl (C=O) groups is 2. The number of carbonyl (C=O) groups excluding carboxylic acids is 2. The smallest absolute Gasteiger partial charge is 0.290 e. The molecule has 3 rings (SSSR count). The fourth-order valence-corrected chi connectivity index (χ4v) is 2.92. The SMILES string of the molecule is O=C(Nc1ccc(Cl)c(Cl)c1)C1CCCN1C(=O)c1ccco1. The number of hydrogen-bond acceptors (Lipinski definition) is 3. The second-order valence-electron chi connectivity index (χ2n) is 5.25. The Hall–Kier alpha value is -1.98. The summed E-state index contributed by atoms with van der Waals surface area (Å²) in [5.41, 5.74) is 0.543. The molecule has 1 aliphatic rings. The van der Waals surface area contributed by atoms with Crippen molar-refractivity contribution in [3.05, 3.63) is 52.4 Å². The van der Waals surface area contributed by atoms with Gasteiger partial charge in [-0.05, 0) is 43.2 Å². The number of rotatable bonds is 3. The highest BCUT2D eigenvalue weighted by atomic mass is 35.5. The van der Waals surface area contributed by atoms with E-state index < -0.39 is 6.04 Å². The Kier molecular flexibility index (Phi) is 4.59. The monoisotopic (exact) mass is 352 g/mol. The van der Waals surface area contributed by atoms with E-state index in [1.807, 2.05) is 0 Å². The molecule has 2 aromatic rings. The van der Waals surface area contributed by atoms with Crippen molar-refractivity contribution in [3.63, 3.8) is 0 Å². The summed E-state index contributed by atoms with van der Waals surface area (Å²) in [4.78, 5) is 26.4. The van der Waals surface area contributed by atoms with Gasteiger partial charge in [-0.15, -0.1) is 0 Å². The van der Waals surface area contributed by atoms with Crippen LogP contribution in [-0.2, 0) is 4.79 Å². The number of nitrogens with one attached hydrogen (secondary N) is 1. The maximum Gasteiger partial charge on any atom is 0.290 e. The van der Waals surface area contributed by atoms with Crippen LogP contribution in [0.1, 0.15) is 23.4 Å². The van der Waals surface area contributed by atoms with Crippen LogP contribution in [0.3, 0.4) is 0 Å². The van der Waals surface area contributed by atoms with Crippen molar-refractivity contribution in [2.75, 3.05) is 11.9 Å². The Bertz CT molecular complexity index is 731. The summed E-state index contributed by atoms with van der Waals surface area (Å²) in [6, 6.07) is 7.57. The lowest BCUT2D eigenvalue weighted by atomic mass is 10.2. The van der Waals surface area contributed by atoms with Crippen molar-refractivity contribution < 1.29 is 14.0 Å². The van der Waals surface area contributed by atoms with Crippen LogP contribution in [0.4, 0.5) is 5.69 Å². The lowest BCUT2D eigenvalue weighted by Crippen LogP contribution is -2.43. The van der Waals surface area contributed by atoms with Crippen LogP contribution >= 0.6 is 23.2 Å². The van der Waals surface area contributed by atoms with Crippen molar-refractivity contribution >= 4 is 40.7 Å². The molecule has 1 aromatic carbocycles. The number of nitrogens with zero attached hydrogens (tertiary/aromatic N) is 1. The first-order valence-corrected chi connectivity index (χ1v) is 7.92. The van der Waals surface area contributed by atoms with Crippen molar-refractivity contribution in [2.45, 2.75) is 18.9 Å². The molecular formula is C16H14Cl2N2O3. The molecule has 0 bridgehead atoms. The molecule has 0 saturated carbocycles. The number of benzene rings is 1. The van der Waals surface area contributed by atoms with Crippen molar-refractivity contribution in [3.8, 4) is 0 Å². The molecule has 5 nitrogen and oxygen atoms in total. The summed E-state index contributed by atoms with van der Waals surface area (Å²) in [6.07, 6.45) is 2.82.